The van der Waals surface area contributed by atoms with Gasteiger partial charge in [-0.3, -0.25) is 4.98 Å². The summed E-state index contributed by atoms with van der Waals surface area (Å²) in [5.41, 5.74) is 0.681. The van der Waals surface area contributed by atoms with Crippen LogP contribution in [0.2, 0.25) is 0 Å². The molecule has 0 saturated heterocycles. The predicted octanol–water partition coefficient (Wildman–Crippen LogP) is 1.93. The van der Waals surface area contributed by atoms with E-state index in [9.17, 15) is 0 Å². The van der Waals surface area contributed by atoms with E-state index in [1.165, 1.54) is 0 Å². The van der Waals surface area contributed by atoms with Crippen LogP contribution in [0.5, 0.6) is 5.88 Å². The van der Waals surface area contributed by atoms with E-state index in [4.69, 9.17) is 16.3 Å². The molecule has 4 nitrogen and oxygen atoms in total. The molecule has 0 aliphatic rings. The minimum absolute atomic E-state index is 0.0430. The van der Waals surface area contributed by atoms with Crippen molar-refractivity contribution in [2.24, 2.45) is 0 Å². The van der Waals surface area contributed by atoms with Crippen molar-refractivity contribution in [2.45, 2.75) is 25.3 Å². The fourth-order valence-electron chi connectivity index (χ4n) is 0.900. The molecule has 0 radical (unpaired) electrons. The summed E-state index contributed by atoms with van der Waals surface area (Å²) < 4.78 is 5.60. The largest absolute Gasteiger partial charge is 0.475 e. The quantitative estimate of drug-likeness (QED) is 0.741. The van der Waals surface area contributed by atoms with E-state index in [1.807, 2.05) is 14.1 Å². The van der Waals surface area contributed by atoms with Gasteiger partial charge in [-0.1, -0.05) is 0 Å². The van der Waals surface area contributed by atoms with Crippen LogP contribution in [0.1, 0.15) is 19.5 Å². The van der Waals surface area contributed by atoms with E-state index in [2.05, 4.69) is 28.7 Å². The minimum atomic E-state index is -0.0430. The maximum Gasteiger partial charge on any atom is 0.232 e. The second-order valence-electron chi connectivity index (χ2n) is 4.48. The normalized spacial score (nSPS) is 11.9. The van der Waals surface area contributed by atoms with Crippen LogP contribution in [0, 0.1) is 0 Å². The minimum Gasteiger partial charge on any atom is -0.475 e. The standard InChI is InChI=1S/C11H18ClN3O/c1-11(2,15(3)4)8-16-10-7-13-6-9(5-12)14-10/h6-7H,5,8H2,1-4H3. The van der Waals surface area contributed by atoms with Gasteiger partial charge in [0.05, 0.1) is 17.8 Å². The lowest BCUT2D eigenvalue weighted by Gasteiger charge is -2.31. The lowest BCUT2D eigenvalue weighted by atomic mass is 10.1. The molecule has 1 aromatic rings. The van der Waals surface area contributed by atoms with Crippen molar-refractivity contribution in [3.05, 3.63) is 18.1 Å². The molecule has 0 bridgehead atoms. The molecule has 0 spiro atoms. The number of hydrogen-bond acceptors (Lipinski definition) is 4. The van der Waals surface area contributed by atoms with Crippen LogP contribution >= 0.6 is 11.6 Å². The molecule has 0 aromatic carbocycles. The van der Waals surface area contributed by atoms with E-state index in [0.29, 0.717) is 18.4 Å². The zero-order chi connectivity index (χ0) is 12.2. The van der Waals surface area contributed by atoms with E-state index >= 15 is 0 Å². The summed E-state index contributed by atoms with van der Waals surface area (Å²) in [5.74, 6) is 0.870. The van der Waals surface area contributed by atoms with Crippen LogP contribution in [-0.2, 0) is 5.88 Å². The van der Waals surface area contributed by atoms with E-state index in [1.54, 1.807) is 12.4 Å². The number of nitrogens with zero attached hydrogens (tertiary/aromatic N) is 3. The highest BCUT2D eigenvalue weighted by molar-refractivity contribution is 6.16. The fraction of sp³-hybridized carbons (Fsp3) is 0.636. The van der Waals surface area contributed by atoms with Gasteiger partial charge in [0.15, 0.2) is 0 Å². The number of likely N-dealkylation sites (N-methyl/N-ethyl adjacent to an activating group) is 1. The Balaban J connectivity index is 2.60. The molecule has 0 saturated carbocycles. The van der Waals surface area contributed by atoms with Gasteiger partial charge in [0.25, 0.3) is 0 Å². The molecule has 0 amide bonds. The maximum absolute atomic E-state index is 5.67. The Bertz CT molecular complexity index is 342. The van der Waals surface area contributed by atoms with Crippen LogP contribution in [-0.4, -0.2) is 41.1 Å². The molecule has 1 rings (SSSR count). The lowest BCUT2D eigenvalue weighted by Crippen LogP contribution is -2.43. The third-order valence-electron chi connectivity index (χ3n) is 2.58. The summed E-state index contributed by atoms with van der Waals surface area (Å²) in [6, 6.07) is 0. The van der Waals surface area contributed by atoms with Gasteiger partial charge in [0, 0.05) is 11.7 Å². The highest BCUT2D eigenvalue weighted by atomic mass is 35.5. The molecule has 1 heterocycles. The van der Waals surface area contributed by atoms with Crippen molar-refractivity contribution < 1.29 is 4.74 Å². The van der Waals surface area contributed by atoms with Crippen molar-refractivity contribution in [3.8, 4) is 5.88 Å². The molecule has 1 aromatic heterocycles. The second kappa shape index (κ2) is 5.46. The van der Waals surface area contributed by atoms with E-state index in [-0.39, 0.29) is 5.54 Å². The summed E-state index contributed by atoms with van der Waals surface area (Å²) in [6.45, 7) is 4.76. The van der Waals surface area contributed by atoms with E-state index < -0.39 is 0 Å². The first-order valence-electron chi connectivity index (χ1n) is 5.13. The number of halogens is 1. The summed E-state index contributed by atoms with van der Waals surface area (Å²) in [4.78, 5) is 10.3. The second-order valence-corrected chi connectivity index (χ2v) is 4.75. The van der Waals surface area contributed by atoms with Gasteiger partial charge in [0.2, 0.25) is 5.88 Å². The Morgan fingerprint density at radius 1 is 1.38 bits per heavy atom. The highest BCUT2D eigenvalue weighted by Crippen LogP contribution is 2.13. The fourth-order valence-corrected chi connectivity index (χ4v) is 1.03. The molecule has 0 aliphatic heterocycles. The van der Waals surface area contributed by atoms with Gasteiger partial charge >= 0.3 is 0 Å². The Labute approximate surface area is 102 Å². The van der Waals surface area contributed by atoms with Gasteiger partial charge in [-0.2, -0.15) is 0 Å². The van der Waals surface area contributed by atoms with E-state index in [0.717, 1.165) is 5.69 Å². The van der Waals surface area contributed by atoms with Crippen molar-refractivity contribution in [3.63, 3.8) is 0 Å². The zero-order valence-electron chi connectivity index (χ0n) is 10.2. The topological polar surface area (TPSA) is 38.2 Å². The van der Waals surface area contributed by atoms with Crippen LogP contribution in [0.4, 0.5) is 0 Å². The number of rotatable bonds is 5. The van der Waals surface area contributed by atoms with Gasteiger partial charge < -0.3 is 9.64 Å². The molecule has 0 N–H and O–H groups in total. The smallest absolute Gasteiger partial charge is 0.232 e. The highest BCUT2D eigenvalue weighted by Gasteiger charge is 2.21. The molecular formula is C11H18ClN3O. The summed E-state index contributed by atoms with van der Waals surface area (Å²) in [7, 11) is 4.04. The first-order chi connectivity index (χ1) is 7.45. The molecule has 5 heteroatoms. The zero-order valence-corrected chi connectivity index (χ0v) is 11.0. The summed E-state index contributed by atoms with van der Waals surface area (Å²) >= 11 is 5.67. The molecule has 16 heavy (non-hydrogen) atoms. The first-order valence-corrected chi connectivity index (χ1v) is 5.66. The predicted molar refractivity (Wildman–Crippen MR) is 64.9 cm³/mol. The molecule has 90 valence electrons. The monoisotopic (exact) mass is 243 g/mol. The Hall–Kier alpha value is -0.870. The average Bonchev–Trinajstić information content (AvgIpc) is 2.26. The Morgan fingerprint density at radius 2 is 2.06 bits per heavy atom. The van der Waals surface area contributed by atoms with Crippen LogP contribution in [0.3, 0.4) is 0 Å². The molecule has 0 aliphatic carbocycles. The third-order valence-corrected chi connectivity index (χ3v) is 2.86. The number of hydrogen-bond donors (Lipinski definition) is 0. The third kappa shape index (κ3) is 3.61. The summed E-state index contributed by atoms with van der Waals surface area (Å²) in [6.07, 6.45) is 3.23. The molecule has 0 atom stereocenters. The molecular weight excluding hydrogens is 226 g/mol. The van der Waals surface area contributed by atoms with Crippen molar-refractivity contribution in [2.75, 3.05) is 20.7 Å². The molecule has 0 unspecified atom stereocenters. The van der Waals surface area contributed by atoms with Gasteiger partial charge in [0.1, 0.15) is 6.61 Å². The molecule has 0 fully saturated rings. The van der Waals surface area contributed by atoms with Gasteiger partial charge in [-0.05, 0) is 27.9 Å². The van der Waals surface area contributed by atoms with Gasteiger partial charge in [-0.25, -0.2) is 4.98 Å². The lowest BCUT2D eigenvalue weighted by molar-refractivity contribution is 0.110. The number of ether oxygens (including phenoxy) is 1. The van der Waals surface area contributed by atoms with Gasteiger partial charge in [-0.15, -0.1) is 11.6 Å². The van der Waals surface area contributed by atoms with Crippen LogP contribution < -0.4 is 4.74 Å². The van der Waals surface area contributed by atoms with Crippen molar-refractivity contribution in [1.82, 2.24) is 14.9 Å². The maximum atomic E-state index is 5.67. The Kier molecular flexibility index (Phi) is 4.50. The van der Waals surface area contributed by atoms with Crippen molar-refractivity contribution >= 4 is 11.6 Å². The van der Waals surface area contributed by atoms with Crippen LogP contribution in [0.15, 0.2) is 12.4 Å². The summed E-state index contributed by atoms with van der Waals surface area (Å²) in [5, 5.41) is 0. The van der Waals surface area contributed by atoms with Crippen LogP contribution in [0.25, 0.3) is 0 Å². The number of alkyl halides is 1. The van der Waals surface area contributed by atoms with Crippen molar-refractivity contribution in [1.29, 1.82) is 0 Å². The first kappa shape index (κ1) is 13.2. The SMILES string of the molecule is CN(C)C(C)(C)COc1cncc(CCl)n1. The number of aromatic nitrogens is 2. The average molecular weight is 244 g/mol. The Morgan fingerprint density at radius 3 is 2.62 bits per heavy atom.